The topological polar surface area (TPSA) is 96.0 Å². The molecule has 0 bridgehead atoms. The second-order valence-corrected chi connectivity index (χ2v) is 10.5. The van der Waals surface area contributed by atoms with Crippen molar-refractivity contribution in [3.05, 3.63) is 59.1 Å². The van der Waals surface area contributed by atoms with Gasteiger partial charge < -0.3 is 4.74 Å². The molecule has 1 N–H and O–H groups in total. The molecule has 3 aliphatic rings. The lowest BCUT2D eigenvalue weighted by Crippen LogP contribution is -2.55. The van der Waals surface area contributed by atoms with Crippen molar-refractivity contribution in [2.75, 3.05) is 35.0 Å². The normalized spacial score (nSPS) is 26.6. The summed E-state index contributed by atoms with van der Waals surface area (Å²) in [6.45, 7) is 1.61. The number of thioether (sulfide) groups is 1. The van der Waals surface area contributed by atoms with E-state index >= 15 is 0 Å². The average molecular weight is 528 g/mol. The predicted octanol–water partition coefficient (Wildman–Crippen LogP) is 2.98. The summed E-state index contributed by atoms with van der Waals surface area (Å²) in [7, 11) is 0. The van der Waals surface area contributed by atoms with Crippen LogP contribution in [0.2, 0.25) is 5.02 Å². The first-order valence-corrected chi connectivity index (χ1v) is 13.6. The van der Waals surface area contributed by atoms with Gasteiger partial charge in [-0.3, -0.25) is 29.4 Å². The molecule has 2 fully saturated rings. The molecule has 2 saturated heterocycles. The molecule has 3 amide bonds. The maximum atomic E-state index is 14.2. The second-order valence-electron chi connectivity index (χ2n) is 9.05. The quantitative estimate of drug-likeness (QED) is 0.437. The molecule has 0 saturated carbocycles. The Morgan fingerprint density at radius 2 is 1.92 bits per heavy atom. The lowest BCUT2D eigenvalue weighted by molar-refractivity contribution is -0.142. The molecule has 2 aromatic carbocycles. The van der Waals surface area contributed by atoms with Crippen molar-refractivity contribution in [3.63, 3.8) is 0 Å². The number of rotatable bonds is 7. The summed E-state index contributed by atoms with van der Waals surface area (Å²) >= 11 is 7.80. The highest BCUT2D eigenvalue weighted by molar-refractivity contribution is 7.98. The Labute approximate surface area is 218 Å². The van der Waals surface area contributed by atoms with Crippen LogP contribution in [-0.4, -0.2) is 54.9 Å². The highest BCUT2D eigenvalue weighted by atomic mass is 35.5. The fourth-order valence-corrected chi connectivity index (χ4v) is 6.48. The molecule has 8 nitrogen and oxygen atoms in total. The summed E-state index contributed by atoms with van der Waals surface area (Å²) in [6, 6.07) is 13.3. The van der Waals surface area contributed by atoms with Gasteiger partial charge in [0.1, 0.15) is 12.1 Å². The average Bonchev–Trinajstić information content (AvgIpc) is 3.42. The summed E-state index contributed by atoms with van der Waals surface area (Å²) in [4.78, 5) is 56.9. The van der Waals surface area contributed by atoms with Gasteiger partial charge in [-0.05, 0) is 49.6 Å². The zero-order chi connectivity index (χ0) is 25.6. The number of amides is 3. The third-order valence-electron chi connectivity index (χ3n) is 7.16. The van der Waals surface area contributed by atoms with E-state index in [0.717, 1.165) is 5.75 Å². The summed E-state index contributed by atoms with van der Waals surface area (Å²) in [5.74, 6) is -2.71. The SMILES string of the molecule is CCOC(=O)CN1C(=O)C2(NC(CCSC)C3C(=O)N(c4cccc(Cl)c4)C(=O)C32)c2ccccc21. The van der Waals surface area contributed by atoms with Crippen LogP contribution in [0.25, 0.3) is 0 Å². The molecule has 0 aromatic heterocycles. The van der Waals surface area contributed by atoms with Gasteiger partial charge >= 0.3 is 5.97 Å². The first-order chi connectivity index (χ1) is 17.3. The Kier molecular flexibility index (Phi) is 6.57. The number of hydrogen-bond donors (Lipinski definition) is 1. The van der Waals surface area contributed by atoms with E-state index in [2.05, 4.69) is 5.32 Å². The lowest BCUT2D eigenvalue weighted by Gasteiger charge is -2.30. The molecule has 4 unspecified atom stereocenters. The number of nitrogens with zero attached hydrogens (tertiary/aromatic N) is 2. The van der Waals surface area contributed by atoms with Gasteiger partial charge in [-0.1, -0.05) is 35.9 Å². The number of halogens is 1. The van der Waals surface area contributed by atoms with E-state index in [9.17, 15) is 19.2 Å². The van der Waals surface area contributed by atoms with E-state index in [0.29, 0.717) is 28.4 Å². The van der Waals surface area contributed by atoms with Gasteiger partial charge in [0.05, 0.1) is 24.1 Å². The number of esters is 1. The van der Waals surface area contributed by atoms with Gasteiger partial charge in [0, 0.05) is 22.3 Å². The van der Waals surface area contributed by atoms with Crippen molar-refractivity contribution in [1.82, 2.24) is 5.32 Å². The molecular weight excluding hydrogens is 502 g/mol. The van der Waals surface area contributed by atoms with E-state index < -0.39 is 41.2 Å². The van der Waals surface area contributed by atoms with Crippen LogP contribution in [0.1, 0.15) is 18.9 Å². The minimum absolute atomic E-state index is 0.189. The van der Waals surface area contributed by atoms with Crippen molar-refractivity contribution >= 4 is 58.4 Å². The minimum atomic E-state index is -1.46. The number of ether oxygens (including phenoxy) is 1. The fraction of sp³-hybridized carbons (Fsp3) is 0.385. The van der Waals surface area contributed by atoms with Gasteiger partial charge in [0.25, 0.3) is 5.91 Å². The van der Waals surface area contributed by atoms with Gasteiger partial charge in [-0.25, -0.2) is 4.90 Å². The van der Waals surface area contributed by atoms with Crippen molar-refractivity contribution < 1.29 is 23.9 Å². The van der Waals surface area contributed by atoms with Crippen LogP contribution in [0.4, 0.5) is 11.4 Å². The first-order valence-electron chi connectivity index (χ1n) is 11.8. The number of hydrogen-bond acceptors (Lipinski definition) is 7. The number of para-hydroxylation sites is 1. The number of carbonyl (C=O) groups is 4. The van der Waals surface area contributed by atoms with Crippen LogP contribution in [0.3, 0.4) is 0 Å². The molecule has 36 heavy (non-hydrogen) atoms. The molecule has 0 radical (unpaired) electrons. The predicted molar refractivity (Wildman–Crippen MR) is 138 cm³/mol. The van der Waals surface area contributed by atoms with Crippen LogP contribution in [-0.2, 0) is 29.5 Å². The Hall–Kier alpha value is -2.88. The lowest BCUT2D eigenvalue weighted by atomic mass is 9.76. The minimum Gasteiger partial charge on any atom is -0.465 e. The van der Waals surface area contributed by atoms with Crippen molar-refractivity contribution in [2.45, 2.75) is 24.9 Å². The van der Waals surface area contributed by atoms with E-state index in [1.807, 2.05) is 6.26 Å². The molecule has 3 aliphatic heterocycles. The Morgan fingerprint density at radius 1 is 1.14 bits per heavy atom. The number of nitrogens with one attached hydrogen (secondary N) is 1. The molecule has 1 spiro atoms. The van der Waals surface area contributed by atoms with Crippen LogP contribution < -0.4 is 15.1 Å². The van der Waals surface area contributed by atoms with Crippen molar-refractivity contribution in [3.8, 4) is 0 Å². The number of carbonyl (C=O) groups excluding carboxylic acids is 4. The first kappa shape index (κ1) is 24.8. The number of anilines is 2. The van der Waals surface area contributed by atoms with E-state index in [1.165, 1.54) is 9.80 Å². The largest absolute Gasteiger partial charge is 0.465 e. The highest BCUT2D eigenvalue weighted by Gasteiger charge is 2.71. The molecule has 10 heteroatoms. The molecule has 5 rings (SSSR count). The molecule has 188 valence electrons. The summed E-state index contributed by atoms with van der Waals surface area (Å²) in [5.41, 5.74) is 0.0493. The number of benzene rings is 2. The van der Waals surface area contributed by atoms with E-state index in [1.54, 1.807) is 67.2 Å². The van der Waals surface area contributed by atoms with E-state index in [-0.39, 0.29) is 19.1 Å². The van der Waals surface area contributed by atoms with Crippen molar-refractivity contribution in [1.29, 1.82) is 0 Å². The zero-order valence-electron chi connectivity index (χ0n) is 19.9. The summed E-state index contributed by atoms with van der Waals surface area (Å²) < 4.78 is 5.11. The molecular formula is C26H26ClN3O5S. The molecule has 0 aliphatic carbocycles. The van der Waals surface area contributed by atoms with Crippen LogP contribution in [0.15, 0.2) is 48.5 Å². The smallest absolute Gasteiger partial charge is 0.326 e. The fourth-order valence-electron chi connectivity index (χ4n) is 5.80. The Morgan fingerprint density at radius 3 is 2.64 bits per heavy atom. The van der Waals surface area contributed by atoms with Gasteiger partial charge in [0.15, 0.2) is 0 Å². The molecule has 2 aromatic rings. The standard InChI is InChI=1S/C26H26ClN3O5S/c1-3-35-20(31)14-29-19-10-5-4-9-17(19)26(25(29)34)22-21(18(28-26)11-12-36-2)23(32)30(24(22)33)16-8-6-7-15(27)13-16/h4-10,13,18,21-22,28H,3,11-12,14H2,1-2H3. The number of imide groups is 1. The highest BCUT2D eigenvalue weighted by Crippen LogP contribution is 2.55. The monoisotopic (exact) mass is 527 g/mol. The van der Waals surface area contributed by atoms with Crippen LogP contribution in [0.5, 0.6) is 0 Å². The van der Waals surface area contributed by atoms with Gasteiger partial charge in [-0.2, -0.15) is 11.8 Å². The second kappa shape index (κ2) is 9.53. The van der Waals surface area contributed by atoms with Gasteiger partial charge in [-0.15, -0.1) is 0 Å². The van der Waals surface area contributed by atoms with Crippen LogP contribution in [0, 0.1) is 11.8 Å². The summed E-state index contributed by atoms with van der Waals surface area (Å²) in [6.07, 6.45) is 2.57. The molecule has 3 heterocycles. The Bertz CT molecular complexity index is 1260. The van der Waals surface area contributed by atoms with E-state index in [4.69, 9.17) is 16.3 Å². The summed E-state index contributed by atoms with van der Waals surface area (Å²) in [5, 5.41) is 3.84. The third kappa shape index (κ3) is 3.64. The number of fused-ring (bicyclic) bond motifs is 4. The molecule has 4 atom stereocenters. The maximum absolute atomic E-state index is 14.2. The van der Waals surface area contributed by atoms with Crippen molar-refractivity contribution in [2.24, 2.45) is 11.8 Å². The maximum Gasteiger partial charge on any atom is 0.326 e. The van der Waals surface area contributed by atoms with Gasteiger partial charge in [0.2, 0.25) is 11.8 Å². The Balaban J connectivity index is 1.63. The van der Waals surface area contributed by atoms with Crippen LogP contribution >= 0.6 is 23.4 Å². The zero-order valence-corrected chi connectivity index (χ0v) is 21.5. The third-order valence-corrected chi connectivity index (χ3v) is 8.04.